The molecule has 1 heterocycles. The number of nitrogens with zero attached hydrogens (tertiary/aromatic N) is 2. The van der Waals surface area contributed by atoms with E-state index in [2.05, 4.69) is 4.98 Å². The molecule has 0 unspecified atom stereocenters. The summed E-state index contributed by atoms with van der Waals surface area (Å²) in [5, 5.41) is 8.84. The Hall–Kier alpha value is -3.47. The van der Waals surface area contributed by atoms with Gasteiger partial charge in [0.05, 0.1) is 11.4 Å². The average Bonchev–Trinajstić information content (AvgIpc) is 2.67. The number of carbonyl (C=O) groups is 1. The standard InChI is InChI=1S/C21H17FN2O2/c1-24(18-5-3-2-4-6-18)19-13-15(7-12-20(25)26)14-23-21(19)16-8-10-17(22)11-9-16/h2-14H,1H3,(H,25,26). The second-order valence-electron chi connectivity index (χ2n) is 5.71. The number of rotatable bonds is 5. The smallest absolute Gasteiger partial charge is 0.328 e. The maximum Gasteiger partial charge on any atom is 0.328 e. The van der Waals surface area contributed by atoms with Gasteiger partial charge in [-0.3, -0.25) is 4.98 Å². The summed E-state index contributed by atoms with van der Waals surface area (Å²) < 4.78 is 13.3. The molecule has 0 saturated carbocycles. The number of hydrogen-bond acceptors (Lipinski definition) is 3. The van der Waals surface area contributed by atoms with E-state index in [1.807, 2.05) is 48.3 Å². The normalized spacial score (nSPS) is 10.8. The van der Waals surface area contributed by atoms with Crippen LogP contribution >= 0.6 is 0 Å². The number of benzene rings is 2. The maximum absolute atomic E-state index is 13.3. The van der Waals surface area contributed by atoms with Crippen molar-refractivity contribution < 1.29 is 14.3 Å². The first-order valence-electron chi connectivity index (χ1n) is 8.00. The molecule has 26 heavy (non-hydrogen) atoms. The SMILES string of the molecule is CN(c1ccccc1)c1cc(C=CC(=O)O)cnc1-c1ccc(F)cc1. The van der Waals surface area contributed by atoms with Crippen molar-refractivity contribution in [2.24, 2.45) is 0 Å². The zero-order chi connectivity index (χ0) is 18.5. The van der Waals surface area contributed by atoms with Gasteiger partial charge in [0, 0.05) is 30.6 Å². The molecule has 0 aliphatic carbocycles. The molecule has 0 fully saturated rings. The third kappa shape index (κ3) is 3.95. The Morgan fingerprint density at radius 2 is 1.81 bits per heavy atom. The van der Waals surface area contributed by atoms with Crippen molar-refractivity contribution in [1.82, 2.24) is 4.98 Å². The van der Waals surface area contributed by atoms with Crippen molar-refractivity contribution in [3.63, 3.8) is 0 Å². The Morgan fingerprint density at radius 1 is 1.12 bits per heavy atom. The van der Waals surface area contributed by atoms with E-state index < -0.39 is 5.97 Å². The first-order valence-corrected chi connectivity index (χ1v) is 8.00. The fraction of sp³-hybridized carbons (Fsp3) is 0.0476. The summed E-state index contributed by atoms with van der Waals surface area (Å²) in [7, 11) is 1.91. The van der Waals surface area contributed by atoms with E-state index in [9.17, 15) is 9.18 Å². The molecule has 0 spiro atoms. The highest BCUT2D eigenvalue weighted by Gasteiger charge is 2.13. The molecule has 0 aliphatic heterocycles. The quantitative estimate of drug-likeness (QED) is 0.676. The van der Waals surface area contributed by atoms with Crippen molar-refractivity contribution in [2.45, 2.75) is 0 Å². The number of aromatic nitrogens is 1. The van der Waals surface area contributed by atoms with Gasteiger partial charge in [-0.15, -0.1) is 0 Å². The summed E-state index contributed by atoms with van der Waals surface area (Å²) >= 11 is 0. The molecule has 0 aliphatic rings. The van der Waals surface area contributed by atoms with E-state index in [1.54, 1.807) is 18.3 Å². The number of carboxylic acid groups (broad SMARTS) is 1. The zero-order valence-electron chi connectivity index (χ0n) is 14.1. The average molecular weight is 348 g/mol. The van der Waals surface area contributed by atoms with Gasteiger partial charge < -0.3 is 10.0 Å². The molecule has 3 aromatic rings. The monoisotopic (exact) mass is 348 g/mol. The van der Waals surface area contributed by atoms with Crippen molar-refractivity contribution in [1.29, 1.82) is 0 Å². The molecular weight excluding hydrogens is 331 g/mol. The highest BCUT2D eigenvalue weighted by atomic mass is 19.1. The highest BCUT2D eigenvalue weighted by molar-refractivity contribution is 5.86. The molecule has 0 radical (unpaired) electrons. The first kappa shape index (κ1) is 17.4. The molecule has 1 N–H and O–H groups in total. The second-order valence-corrected chi connectivity index (χ2v) is 5.71. The van der Waals surface area contributed by atoms with Gasteiger partial charge in [0.25, 0.3) is 0 Å². The molecule has 0 atom stereocenters. The van der Waals surface area contributed by atoms with E-state index in [0.717, 1.165) is 23.0 Å². The third-order valence-electron chi connectivity index (χ3n) is 3.93. The van der Waals surface area contributed by atoms with Crippen LogP contribution in [0.5, 0.6) is 0 Å². The molecule has 0 saturated heterocycles. The van der Waals surface area contributed by atoms with Crippen molar-refractivity contribution in [3.8, 4) is 11.3 Å². The first-order chi connectivity index (χ1) is 12.5. The molecule has 2 aromatic carbocycles. The second kappa shape index (κ2) is 7.61. The highest BCUT2D eigenvalue weighted by Crippen LogP contribution is 2.33. The molecule has 1 aromatic heterocycles. The molecule has 3 rings (SSSR count). The van der Waals surface area contributed by atoms with Crippen LogP contribution < -0.4 is 4.90 Å². The Labute approximate surface area is 150 Å². The van der Waals surface area contributed by atoms with Crippen LogP contribution in [0, 0.1) is 5.82 Å². The fourth-order valence-corrected chi connectivity index (χ4v) is 2.60. The van der Waals surface area contributed by atoms with Gasteiger partial charge in [-0.1, -0.05) is 18.2 Å². The Balaban J connectivity index is 2.11. The van der Waals surface area contributed by atoms with E-state index in [-0.39, 0.29) is 5.82 Å². The third-order valence-corrected chi connectivity index (χ3v) is 3.93. The van der Waals surface area contributed by atoms with Gasteiger partial charge in [0.1, 0.15) is 5.82 Å². The molecule has 4 nitrogen and oxygen atoms in total. The van der Waals surface area contributed by atoms with Gasteiger partial charge >= 0.3 is 5.97 Å². The summed E-state index contributed by atoms with van der Waals surface area (Å²) in [5.74, 6) is -1.33. The molecular formula is C21H17FN2O2. The predicted octanol–water partition coefficient (Wildman–Crippen LogP) is 4.75. The molecule has 0 amide bonds. The van der Waals surface area contributed by atoms with E-state index in [1.165, 1.54) is 18.2 Å². The van der Waals surface area contributed by atoms with Crippen molar-refractivity contribution >= 4 is 23.4 Å². The van der Waals surface area contributed by atoms with E-state index in [4.69, 9.17) is 5.11 Å². The summed E-state index contributed by atoms with van der Waals surface area (Å²) in [6.07, 6.45) is 4.16. The Kier molecular flexibility index (Phi) is 5.08. The summed E-state index contributed by atoms with van der Waals surface area (Å²) in [5.41, 5.74) is 3.87. The Bertz CT molecular complexity index is 938. The predicted molar refractivity (Wildman–Crippen MR) is 101 cm³/mol. The van der Waals surface area contributed by atoms with Crippen LogP contribution in [-0.4, -0.2) is 23.1 Å². The number of anilines is 2. The lowest BCUT2D eigenvalue weighted by Gasteiger charge is -2.22. The number of carboxylic acids is 1. The lowest BCUT2D eigenvalue weighted by Crippen LogP contribution is -2.11. The number of aliphatic carboxylic acids is 1. The molecule has 5 heteroatoms. The minimum atomic E-state index is -1.02. The largest absolute Gasteiger partial charge is 0.478 e. The van der Waals surface area contributed by atoms with Crippen LogP contribution in [0.25, 0.3) is 17.3 Å². The minimum absolute atomic E-state index is 0.312. The van der Waals surface area contributed by atoms with Gasteiger partial charge in [-0.25, -0.2) is 9.18 Å². The fourth-order valence-electron chi connectivity index (χ4n) is 2.60. The van der Waals surface area contributed by atoms with Gasteiger partial charge in [0.2, 0.25) is 0 Å². The van der Waals surface area contributed by atoms with E-state index >= 15 is 0 Å². The zero-order valence-corrected chi connectivity index (χ0v) is 14.1. The van der Waals surface area contributed by atoms with Crippen molar-refractivity contribution in [3.05, 3.63) is 84.3 Å². The van der Waals surface area contributed by atoms with Gasteiger partial charge in [-0.05, 0) is 54.1 Å². The summed E-state index contributed by atoms with van der Waals surface area (Å²) in [6.45, 7) is 0. The Morgan fingerprint density at radius 3 is 2.46 bits per heavy atom. The van der Waals surface area contributed by atoms with Crippen LogP contribution in [0.2, 0.25) is 0 Å². The van der Waals surface area contributed by atoms with Gasteiger partial charge in [-0.2, -0.15) is 0 Å². The lowest BCUT2D eigenvalue weighted by atomic mass is 10.1. The minimum Gasteiger partial charge on any atom is -0.478 e. The maximum atomic E-state index is 13.3. The molecule has 130 valence electrons. The van der Waals surface area contributed by atoms with E-state index in [0.29, 0.717) is 11.3 Å². The summed E-state index contributed by atoms with van der Waals surface area (Å²) in [4.78, 5) is 17.2. The molecule has 0 bridgehead atoms. The number of halogens is 1. The summed E-state index contributed by atoms with van der Waals surface area (Å²) in [6, 6.07) is 17.7. The van der Waals surface area contributed by atoms with Crippen LogP contribution in [-0.2, 0) is 4.79 Å². The van der Waals surface area contributed by atoms with Crippen LogP contribution in [0.4, 0.5) is 15.8 Å². The van der Waals surface area contributed by atoms with Crippen LogP contribution in [0.15, 0.2) is 72.9 Å². The lowest BCUT2D eigenvalue weighted by molar-refractivity contribution is -0.131. The topological polar surface area (TPSA) is 53.4 Å². The van der Waals surface area contributed by atoms with Crippen LogP contribution in [0.1, 0.15) is 5.56 Å². The number of hydrogen-bond donors (Lipinski definition) is 1. The number of para-hydroxylation sites is 1. The number of pyridine rings is 1. The van der Waals surface area contributed by atoms with Crippen LogP contribution in [0.3, 0.4) is 0 Å². The van der Waals surface area contributed by atoms with Gasteiger partial charge in [0.15, 0.2) is 0 Å². The van der Waals surface area contributed by atoms with Crippen molar-refractivity contribution in [2.75, 3.05) is 11.9 Å².